The summed E-state index contributed by atoms with van der Waals surface area (Å²) in [6.45, 7) is 0. The molecular formula is C13H11BrN2O. The summed E-state index contributed by atoms with van der Waals surface area (Å²) in [6, 6.07) is 8.04. The number of ether oxygens (including phenoxy) is 1. The van der Waals surface area contributed by atoms with Crippen LogP contribution in [0.4, 0.5) is 0 Å². The highest BCUT2D eigenvalue weighted by Crippen LogP contribution is 2.31. The lowest BCUT2D eigenvalue weighted by Crippen LogP contribution is -1.95. The van der Waals surface area contributed by atoms with Crippen molar-refractivity contribution in [3.05, 3.63) is 41.4 Å². The Morgan fingerprint density at radius 1 is 1.29 bits per heavy atom. The van der Waals surface area contributed by atoms with Crippen molar-refractivity contribution >= 4 is 15.9 Å². The zero-order valence-corrected chi connectivity index (χ0v) is 10.7. The lowest BCUT2D eigenvalue weighted by atomic mass is 10.1. The summed E-state index contributed by atoms with van der Waals surface area (Å²) < 4.78 is 6.57. The molecule has 3 rings (SSSR count). The first-order valence-corrected chi connectivity index (χ1v) is 6.35. The quantitative estimate of drug-likeness (QED) is 0.812. The maximum Gasteiger partial charge on any atom is 0.120 e. The van der Waals surface area contributed by atoms with Crippen molar-refractivity contribution in [1.29, 1.82) is 0 Å². The van der Waals surface area contributed by atoms with Gasteiger partial charge in [0.1, 0.15) is 16.7 Å². The first-order valence-electron chi connectivity index (χ1n) is 5.55. The minimum Gasteiger partial charge on any atom is -0.490 e. The fourth-order valence-corrected chi connectivity index (χ4v) is 2.05. The molecule has 1 aromatic carbocycles. The van der Waals surface area contributed by atoms with E-state index in [0.29, 0.717) is 6.10 Å². The van der Waals surface area contributed by atoms with E-state index in [1.165, 1.54) is 19.2 Å². The van der Waals surface area contributed by atoms with Gasteiger partial charge in [0, 0.05) is 11.8 Å². The van der Waals surface area contributed by atoms with E-state index in [-0.39, 0.29) is 0 Å². The van der Waals surface area contributed by atoms with Gasteiger partial charge in [-0.1, -0.05) is 12.1 Å². The molecule has 1 aliphatic carbocycles. The Bertz CT molecular complexity index is 540. The molecule has 4 heteroatoms. The average Bonchev–Trinajstić information content (AvgIpc) is 3.14. The van der Waals surface area contributed by atoms with E-state index < -0.39 is 0 Å². The minimum absolute atomic E-state index is 0.417. The summed E-state index contributed by atoms with van der Waals surface area (Å²) >= 11 is 3.43. The Hall–Kier alpha value is -1.42. The lowest BCUT2D eigenvalue weighted by Gasteiger charge is -2.07. The highest BCUT2D eigenvalue weighted by molar-refractivity contribution is 9.10. The van der Waals surface area contributed by atoms with Crippen LogP contribution in [0.3, 0.4) is 0 Å². The third kappa shape index (κ3) is 2.47. The molecule has 1 heterocycles. The molecule has 0 saturated heterocycles. The highest BCUT2D eigenvalue weighted by Gasteiger charge is 2.23. The number of rotatable bonds is 3. The number of benzene rings is 1. The van der Waals surface area contributed by atoms with Gasteiger partial charge >= 0.3 is 0 Å². The van der Waals surface area contributed by atoms with E-state index in [0.717, 1.165) is 21.5 Å². The first kappa shape index (κ1) is 10.7. The van der Waals surface area contributed by atoms with Crippen LogP contribution in [0.25, 0.3) is 11.1 Å². The number of hydrogen-bond acceptors (Lipinski definition) is 3. The summed E-state index contributed by atoms with van der Waals surface area (Å²) in [5.74, 6) is 0.917. The first-order chi connectivity index (χ1) is 8.33. The third-order valence-corrected chi connectivity index (χ3v) is 3.27. The van der Waals surface area contributed by atoms with Gasteiger partial charge in [0.05, 0.1) is 6.10 Å². The molecule has 0 amide bonds. The topological polar surface area (TPSA) is 35.0 Å². The number of halogens is 1. The zero-order valence-electron chi connectivity index (χ0n) is 9.14. The Morgan fingerprint density at radius 3 is 2.94 bits per heavy atom. The van der Waals surface area contributed by atoms with Crippen LogP contribution in [0.5, 0.6) is 5.75 Å². The molecule has 2 aromatic rings. The number of hydrogen-bond donors (Lipinski definition) is 0. The lowest BCUT2D eigenvalue weighted by molar-refractivity contribution is 0.303. The van der Waals surface area contributed by atoms with Gasteiger partial charge in [0.2, 0.25) is 0 Å². The van der Waals surface area contributed by atoms with E-state index in [2.05, 4.69) is 25.9 Å². The van der Waals surface area contributed by atoms with Gasteiger partial charge in [-0.3, -0.25) is 0 Å². The Labute approximate surface area is 108 Å². The minimum atomic E-state index is 0.417. The van der Waals surface area contributed by atoms with Gasteiger partial charge in [-0.25, -0.2) is 9.97 Å². The van der Waals surface area contributed by atoms with Crippen LogP contribution in [0, 0.1) is 0 Å². The van der Waals surface area contributed by atoms with E-state index in [1.807, 2.05) is 24.3 Å². The van der Waals surface area contributed by atoms with Crippen LogP contribution in [-0.4, -0.2) is 16.1 Å². The van der Waals surface area contributed by atoms with Crippen LogP contribution in [0.2, 0.25) is 0 Å². The second kappa shape index (κ2) is 4.45. The third-order valence-electron chi connectivity index (χ3n) is 2.64. The summed E-state index contributed by atoms with van der Waals surface area (Å²) in [7, 11) is 0. The maximum absolute atomic E-state index is 5.77. The van der Waals surface area contributed by atoms with Gasteiger partial charge in [-0.2, -0.15) is 0 Å². The van der Waals surface area contributed by atoms with Crippen molar-refractivity contribution < 1.29 is 4.74 Å². The van der Waals surface area contributed by atoms with Crippen molar-refractivity contribution in [1.82, 2.24) is 9.97 Å². The predicted molar refractivity (Wildman–Crippen MR) is 68.8 cm³/mol. The molecule has 0 atom stereocenters. The van der Waals surface area contributed by atoms with Gasteiger partial charge in [-0.05, 0) is 46.5 Å². The average molecular weight is 291 g/mol. The molecule has 0 N–H and O–H groups in total. The molecule has 1 aliphatic rings. The van der Waals surface area contributed by atoms with Gasteiger partial charge < -0.3 is 4.74 Å². The molecule has 17 heavy (non-hydrogen) atoms. The summed E-state index contributed by atoms with van der Waals surface area (Å²) in [4.78, 5) is 8.17. The molecule has 1 saturated carbocycles. The van der Waals surface area contributed by atoms with Gasteiger partial charge in [0.15, 0.2) is 0 Å². The van der Waals surface area contributed by atoms with Crippen molar-refractivity contribution in [3.63, 3.8) is 0 Å². The van der Waals surface area contributed by atoms with E-state index in [9.17, 15) is 0 Å². The predicted octanol–water partition coefficient (Wildman–Crippen LogP) is 3.45. The van der Waals surface area contributed by atoms with Crippen molar-refractivity contribution in [3.8, 4) is 16.9 Å². The van der Waals surface area contributed by atoms with Crippen LogP contribution in [0.15, 0.2) is 41.4 Å². The second-order valence-electron chi connectivity index (χ2n) is 4.07. The molecule has 3 nitrogen and oxygen atoms in total. The van der Waals surface area contributed by atoms with Crippen LogP contribution in [-0.2, 0) is 0 Å². The van der Waals surface area contributed by atoms with Crippen LogP contribution in [0.1, 0.15) is 12.8 Å². The fraction of sp³-hybridized carbons (Fsp3) is 0.231. The van der Waals surface area contributed by atoms with E-state index in [1.54, 1.807) is 6.20 Å². The zero-order chi connectivity index (χ0) is 11.7. The monoisotopic (exact) mass is 290 g/mol. The fourth-order valence-electron chi connectivity index (χ4n) is 1.62. The molecule has 0 aliphatic heterocycles. The van der Waals surface area contributed by atoms with Crippen molar-refractivity contribution in [2.45, 2.75) is 18.9 Å². The molecule has 0 spiro atoms. The maximum atomic E-state index is 5.77. The summed E-state index contributed by atoms with van der Waals surface area (Å²) in [5, 5.41) is 0. The normalized spacial score (nSPS) is 14.6. The SMILES string of the molecule is Brc1ncncc1-c1cccc(OC2CC2)c1. The largest absolute Gasteiger partial charge is 0.490 e. The molecule has 0 radical (unpaired) electrons. The van der Waals surface area contributed by atoms with E-state index in [4.69, 9.17) is 4.74 Å². The molecule has 86 valence electrons. The van der Waals surface area contributed by atoms with Gasteiger partial charge in [-0.15, -0.1) is 0 Å². The van der Waals surface area contributed by atoms with Crippen LogP contribution >= 0.6 is 15.9 Å². The van der Waals surface area contributed by atoms with Gasteiger partial charge in [0.25, 0.3) is 0 Å². The smallest absolute Gasteiger partial charge is 0.120 e. The molecule has 1 aromatic heterocycles. The number of aromatic nitrogens is 2. The standard InChI is InChI=1S/C13H11BrN2O/c14-13-12(7-15-8-16-13)9-2-1-3-11(6-9)17-10-4-5-10/h1-3,6-8,10H,4-5H2. The molecule has 1 fully saturated rings. The number of nitrogens with zero attached hydrogens (tertiary/aromatic N) is 2. The summed E-state index contributed by atoms with van der Waals surface area (Å²) in [5.41, 5.74) is 2.05. The molecular weight excluding hydrogens is 280 g/mol. The second-order valence-corrected chi connectivity index (χ2v) is 4.82. The molecule has 0 bridgehead atoms. The van der Waals surface area contributed by atoms with E-state index >= 15 is 0 Å². The Morgan fingerprint density at radius 2 is 2.18 bits per heavy atom. The molecule has 0 unspecified atom stereocenters. The Kier molecular flexibility index (Phi) is 2.81. The van der Waals surface area contributed by atoms with Crippen LogP contribution < -0.4 is 4.74 Å². The highest BCUT2D eigenvalue weighted by atomic mass is 79.9. The summed E-state index contributed by atoms with van der Waals surface area (Å²) in [6.07, 6.45) is 6.08. The van der Waals surface area contributed by atoms with Crippen molar-refractivity contribution in [2.75, 3.05) is 0 Å². The van der Waals surface area contributed by atoms with Crippen molar-refractivity contribution in [2.24, 2.45) is 0 Å². The Balaban J connectivity index is 1.94.